The zero-order valence-corrected chi connectivity index (χ0v) is 13.9. The lowest BCUT2D eigenvalue weighted by Crippen LogP contribution is -2.44. The SMILES string of the molecule is O=C(CNc1cccc([N+](=O)[O-])c1)NNC(=O)c1ccccc1Br. The number of hydrogen-bond donors (Lipinski definition) is 3. The van der Waals surface area contributed by atoms with Crippen LogP contribution in [0.5, 0.6) is 0 Å². The number of nitro groups is 1. The normalized spacial score (nSPS) is 9.88. The summed E-state index contributed by atoms with van der Waals surface area (Å²) >= 11 is 3.24. The van der Waals surface area contributed by atoms with Gasteiger partial charge in [-0.05, 0) is 34.1 Å². The predicted molar refractivity (Wildman–Crippen MR) is 91.3 cm³/mol. The minimum absolute atomic E-state index is 0.0809. The Morgan fingerprint density at radius 1 is 1.08 bits per heavy atom. The Labute approximate surface area is 145 Å². The molecule has 0 unspecified atom stereocenters. The number of benzene rings is 2. The molecule has 3 N–H and O–H groups in total. The van der Waals surface area contributed by atoms with Gasteiger partial charge >= 0.3 is 0 Å². The van der Waals surface area contributed by atoms with Crippen molar-refractivity contribution in [2.45, 2.75) is 0 Å². The third-order valence-electron chi connectivity index (χ3n) is 2.94. The zero-order chi connectivity index (χ0) is 17.5. The lowest BCUT2D eigenvalue weighted by atomic mass is 10.2. The highest BCUT2D eigenvalue weighted by atomic mass is 79.9. The molecule has 8 nitrogen and oxygen atoms in total. The molecule has 0 aliphatic rings. The van der Waals surface area contributed by atoms with Crippen LogP contribution in [0, 0.1) is 10.1 Å². The molecule has 0 atom stereocenters. The van der Waals surface area contributed by atoms with Gasteiger partial charge in [0, 0.05) is 22.3 Å². The number of non-ortho nitro benzene ring substituents is 1. The van der Waals surface area contributed by atoms with E-state index in [0.29, 0.717) is 15.7 Å². The van der Waals surface area contributed by atoms with Gasteiger partial charge in [-0.3, -0.25) is 30.6 Å². The van der Waals surface area contributed by atoms with E-state index in [4.69, 9.17) is 0 Å². The molecule has 0 spiro atoms. The highest BCUT2D eigenvalue weighted by Gasteiger charge is 2.10. The molecule has 0 aliphatic heterocycles. The van der Waals surface area contributed by atoms with E-state index in [2.05, 4.69) is 32.1 Å². The third-order valence-corrected chi connectivity index (χ3v) is 3.64. The molecule has 0 radical (unpaired) electrons. The molecule has 9 heteroatoms. The zero-order valence-electron chi connectivity index (χ0n) is 12.3. The Bertz CT molecular complexity index is 782. The highest BCUT2D eigenvalue weighted by molar-refractivity contribution is 9.10. The van der Waals surface area contributed by atoms with E-state index in [1.807, 2.05) is 0 Å². The molecule has 0 saturated heterocycles. The average Bonchev–Trinajstić information content (AvgIpc) is 2.58. The van der Waals surface area contributed by atoms with Gasteiger partial charge in [0.25, 0.3) is 17.5 Å². The molecule has 0 aromatic heterocycles. The van der Waals surface area contributed by atoms with Crippen LogP contribution in [0.25, 0.3) is 0 Å². The summed E-state index contributed by atoms with van der Waals surface area (Å²) in [6.45, 7) is -0.155. The molecule has 2 aromatic rings. The molecular formula is C15H13BrN4O4. The van der Waals surface area contributed by atoms with Gasteiger partial charge in [0.05, 0.1) is 17.0 Å². The maximum atomic E-state index is 11.9. The van der Waals surface area contributed by atoms with Crippen LogP contribution in [0.2, 0.25) is 0 Å². The monoisotopic (exact) mass is 392 g/mol. The largest absolute Gasteiger partial charge is 0.376 e. The van der Waals surface area contributed by atoms with Gasteiger partial charge in [0.1, 0.15) is 0 Å². The van der Waals surface area contributed by atoms with Gasteiger partial charge in [0.15, 0.2) is 0 Å². The molecule has 0 heterocycles. The lowest BCUT2D eigenvalue weighted by molar-refractivity contribution is -0.384. The van der Waals surface area contributed by atoms with Crippen LogP contribution in [0.15, 0.2) is 53.0 Å². The molecular weight excluding hydrogens is 380 g/mol. The maximum absolute atomic E-state index is 11.9. The number of nitrogens with zero attached hydrogens (tertiary/aromatic N) is 1. The number of carbonyl (C=O) groups is 2. The maximum Gasteiger partial charge on any atom is 0.271 e. The fourth-order valence-electron chi connectivity index (χ4n) is 1.80. The van der Waals surface area contributed by atoms with Crippen molar-refractivity contribution in [1.29, 1.82) is 0 Å². The second kappa shape index (κ2) is 8.06. The fraction of sp³-hybridized carbons (Fsp3) is 0.0667. The number of anilines is 1. The summed E-state index contributed by atoms with van der Waals surface area (Å²) in [5.41, 5.74) is 5.27. The number of amides is 2. The van der Waals surface area contributed by atoms with Gasteiger partial charge in [-0.1, -0.05) is 18.2 Å². The first kappa shape index (κ1) is 17.4. The average molecular weight is 393 g/mol. The van der Waals surface area contributed by atoms with Crippen LogP contribution in [-0.2, 0) is 4.79 Å². The Balaban J connectivity index is 1.84. The van der Waals surface area contributed by atoms with Crippen molar-refractivity contribution in [3.05, 3.63) is 68.7 Å². The number of hydrazine groups is 1. The summed E-state index contributed by atoms with van der Waals surface area (Å²) in [6, 6.07) is 12.5. The number of hydrogen-bond acceptors (Lipinski definition) is 5. The second-order valence-corrected chi connectivity index (χ2v) is 5.50. The Morgan fingerprint density at radius 3 is 2.54 bits per heavy atom. The molecule has 2 aromatic carbocycles. The quantitative estimate of drug-likeness (QED) is 0.533. The van der Waals surface area contributed by atoms with E-state index in [1.54, 1.807) is 30.3 Å². The lowest BCUT2D eigenvalue weighted by Gasteiger charge is -2.09. The summed E-state index contributed by atoms with van der Waals surface area (Å²) in [6.07, 6.45) is 0. The third kappa shape index (κ3) is 4.78. The van der Waals surface area contributed by atoms with E-state index in [9.17, 15) is 19.7 Å². The standard InChI is InChI=1S/C15H13BrN4O4/c16-13-7-2-1-6-12(13)15(22)19-18-14(21)9-17-10-4-3-5-11(8-10)20(23)24/h1-8,17H,9H2,(H,18,21)(H,19,22). The first-order chi connectivity index (χ1) is 11.5. The summed E-state index contributed by atoms with van der Waals surface area (Å²) in [5, 5.41) is 13.4. The van der Waals surface area contributed by atoms with Crippen molar-refractivity contribution < 1.29 is 14.5 Å². The van der Waals surface area contributed by atoms with Crippen LogP contribution in [-0.4, -0.2) is 23.3 Å². The summed E-state index contributed by atoms with van der Waals surface area (Å²) in [5.74, 6) is -0.965. The van der Waals surface area contributed by atoms with Crippen molar-refractivity contribution in [3.63, 3.8) is 0 Å². The predicted octanol–water partition coefficient (Wildman–Crippen LogP) is 2.23. The van der Waals surface area contributed by atoms with Crippen LogP contribution < -0.4 is 16.2 Å². The first-order valence-corrected chi connectivity index (χ1v) is 7.58. The molecule has 0 aliphatic carbocycles. The number of carbonyl (C=O) groups excluding carboxylic acids is 2. The van der Waals surface area contributed by atoms with E-state index in [0.717, 1.165) is 0 Å². The Kier molecular flexibility index (Phi) is 5.85. The minimum Gasteiger partial charge on any atom is -0.376 e. The number of nitrogens with one attached hydrogen (secondary N) is 3. The molecule has 0 bridgehead atoms. The number of rotatable bonds is 5. The summed E-state index contributed by atoms with van der Waals surface area (Å²) < 4.78 is 0.603. The van der Waals surface area contributed by atoms with E-state index < -0.39 is 16.7 Å². The Hall–Kier alpha value is -2.94. The van der Waals surface area contributed by atoms with Crippen LogP contribution >= 0.6 is 15.9 Å². The molecule has 0 saturated carbocycles. The molecule has 2 amide bonds. The number of halogens is 1. The van der Waals surface area contributed by atoms with Crippen LogP contribution in [0.3, 0.4) is 0 Å². The fourth-order valence-corrected chi connectivity index (χ4v) is 2.26. The van der Waals surface area contributed by atoms with Gasteiger partial charge in [-0.15, -0.1) is 0 Å². The van der Waals surface area contributed by atoms with E-state index >= 15 is 0 Å². The van der Waals surface area contributed by atoms with Gasteiger partial charge in [-0.25, -0.2) is 0 Å². The van der Waals surface area contributed by atoms with Gasteiger partial charge in [-0.2, -0.15) is 0 Å². The van der Waals surface area contributed by atoms with Gasteiger partial charge < -0.3 is 5.32 Å². The number of nitro benzene ring substituents is 1. The van der Waals surface area contributed by atoms with Crippen LogP contribution in [0.4, 0.5) is 11.4 Å². The topological polar surface area (TPSA) is 113 Å². The molecule has 0 fully saturated rings. The van der Waals surface area contributed by atoms with Crippen molar-refractivity contribution >= 4 is 39.1 Å². The molecule has 124 valence electrons. The smallest absolute Gasteiger partial charge is 0.271 e. The van der Waals surface area contributed by atoms with E-state index in [-0.39, 0.29) is 12.2 Å². The summed E-state index contributed by atoms with van der Waals surface area (Å²) in [7, 11) is 0. The highest BCUT2D eigenvalue weighted by Crippen LogP contribution is 2.17. The molecule has 2 rings (SSSR count). The van der Waals surface area contributed by atoms with Crippen molar-refractivity contribution in [3.8, 4) is 0 Å². The Morgan fingerprint density at radius 2 is 1.83 bits per heavy atom. The summed E-state index contributed by atoms with van der Waals surface area (Å²) in [4.78, 5) is 33.8. The van der Waals surface area contributed by atoms with Crippen LogP contribution in [0.1, 0.15) is 10.4 Å². The second-order valence-electron chi connectivity index (χ2n) is 4.64. The first-order valence-electron chi connectivity index (χ1n) is 6.79. The van der Waals surface area contributed by atoms with Crippen molar-refractivity contribution in [2.75, 3.05) is 11.9 Å². The van der Waals surface area contributed by atoms with Gasteiger partial charge in [0.2, 0.25) is 0 Å². The molecule has 24 heavy (non-hydrogen) atoms. The van der Waals surface area contributed by atoms with Crippen molar-refractivity contribution in [2.24, 2.45) is 0 Å². The minimum atomic E-state index is -0.525. The van der Waals surface area contributed by atoms with Crippen molar-refractivity contribution in [1.82, 2.24) is 10.9 Å². The van der Waals surface area contributed by atoms with E-state index in [1.165, 1.54) is 18.2 Å².